The van der Waals surface area contributed by atoms with E-state index in [-0.39, 0.29) is 28.0 Å². The third kappa shape index (κ3) is 5.53. The topological polar surface area (TPSA) is 87.4 Å². The summed E-state index contributed by atoms with van der Waals surface area (Å²) in [5.74, 6) is -0.147. The van der Waals surface area contributed by atoms with Crippen LogP contribution in [0, 0.1) is 0 Å². The molecule has 2 atom stereocenters. The lowest BCUT2D eigenvalue weighted by Crippen LogP contribution is -2.41. The van der Waals surface area contributed by atoms with E-state index in [0.29, 0.717) is 17.7 Å². The highest BCUT2D eigenvalue weighted by molar-refractivity contribution is 8.01. The van der Waals surface area contributed by atoms with Crippen LogP contribution in [0.3, 0.4) is 0 Å². The number of thioether (sulfide) groups is 1. The van der Waals surface area contributed by atoms with Crippen molar-refractivity contribution in [2.75, 3.05) is 6.54 Å². The zero-order valence-electron chi connectivity index (χ0n) is 21.8. The molecular weight excluding hydrogens is 490 g/mol. The number of carbonyl (C=O) groups is 1. The first-order valence-electron chi connectivity index (χ1n) is 13.6. The highest BCUT2D eigenvalue weighted by Crippen LogP contribution is 2.53. The summed E-state index contributed by atoms with van der Waals surface area (Å²) in [6.45, 7) is 4.36. The van der Waals surface area contributed by atoms with E-state index in [1.165, 1.54) is 36.8 Å². The minimum Gasteiger partial charge on any atom is -0.508 e. The molecule has 2 aliphatic rings. The number of hydrogen-bond donors (Lipinski definition) is 4. The van der Waals surface area contributed by atoms with Crippen LogP contribution >= 0.6 is 11.8 Å². The van der Waals surface area contributed by atoms with E-state index >= 15 is 0 Å². The van der Waals surface area contributed by atoms with E-state index in [9.17, 15) is 9.90 Å². The normalized spacial score (nSPS) is 20.7. The Bertz CT molecular complexity index is 1280. The number of nitrogens with two attached hydrogens (primary N) is 1. The first-order valence-corrected chi connectivity index (χ1v) is 14.5. The lowest BCUT2D eigenvalue weighted by molar-refractivity contribution is 0.0945. The first-order chi connectivity index (χ1) is 18.5. The number of benzene rings is 3. The van der Waals surface area contributed by atoms with Crippen LogP contribution in [0.2, 0.25) is 0 Å². The Labute approximate surface area is 229 Å². The van der Waals surface area contributed by atoms with Crippen molar-refractivity contribution < 1.29 is 9.90 Å². The van der Waals surface area contributed by atoms with Gasteiger partial charge in [-0.25, -0.2) is 0 Å². The molecule has 1 saturated carbocycles. The summed E-state index contributed by atoms with van der Waals surface area (Å²) in [5.41, 5.74) is 10.8. The van der Waals surface area contributed by atoms with Gasteiger partial charge in [0.05, 0.1) is 0 Å². The molecule has 6 heteroatoms. The highest BCUT2D eigenvalue weighted by Gasteiger charge is 2.48. The lowest BCUT2D eigenvalue weighted by Gasteiger charge is -2.33. The van der Waals surface area contributed by atoms with Gasteiger partial charge in [0.1, 0.15) is 11.3 Å². The molecule has 198 valence electrons. The maximum Gasteiger partial charge on any atom is 0.253 e. The van der Waals surface area contributed by atoms with E-state index in [4.69, 9.17) is 5.73 Å². The standard InChI is InChI=1S/C32H37N3O2S/c1-22(36)25-10-4-5-11-26(25)27-12-6-7-13-28(27)30(37)35-31-34-29(24-16-14-23(15-17-24)18-21-33)32(38-31)19-8-2-3-9-20-32/h4-7,10-17,29,31,34,36H,1-3,8-9,18-21,33H2,(H,35,37). The van der Waals surface area contributed by atoms with Crippen molar-refractivity contribution in [3.63, 3.8) is 0 Å². The van der Waals surface area contributed by atoms with Gasteiger partial charge >= 0.3 is 0 Å². The fourth-order valence-corrected chi connectivity index (χ4v) is 7.67. The summed E-state index contributed by atoms with van der Waals surface area (Å²) >= 11 is 1.88. The number of hydrogen-bond acceptors (Lipinski definition) is 5. The first kappa shape index (κ1) is 26.5. The van der Waals surface area contributed by atoms with Gasteiger partial charge in [0, 0.05) is 21.9 Å². The van der Waals surface area contributed by atoms with Crippen molar-refractivity contribution in [2.24, 2.45) is 5.73 Å². The third-order valence-electron chi connectivity index (χ3n) is 7.85. The Morgan fingerprint density at radius 3 is 2.18 bits per heavy atom. The predicted molar refractivity (Wildman–Crippen MR) is 158 cm³/mol. The second-order valence-corrected chi connectivity index (χ2v) is 11.9. The van der Waals surface area contributed by atoms with Gasteiger partial charge in [-0.2, -0.15) is 0 Å². The van der Waals surface area contributed by atoms with E-state index < -0.39 is 0 Å². The number of rotatable bonds is 7. The Morgan fingerprint density at radius 1 is 0.947 bits per heavy atom. The van der Waals surface area contributed by atoms with Gasteiger partial charge in [0.2, 0.25) is 0 Å². The quantitative estimate of drug-likeness (QED) is 0.261. The number of carbonyl (C=O) groups excluding carboxylic acids is 1. The maximum absolute atomic E-state index is 13.7. The molecule has 3 aromatic rings. The van der Waals surface area contributed by atoms with Crippen molar-refractivity contribution in [1.29, 1.82) is 0 Å². The van der Waals surface area contributed by atoms with Crippen molar-refractivity contribution in [3.8, 4) is 11.1 Å². The molecule has 1 aliphatic carbocycles. The zero-order chi connectivity index (χ0) is 26.5. The van der Waals surface area contributed by atoms with Gasteiger partial charge in [0.15, 0.2) is 0 Å². The monoisotopic (exact) mass is 527 g/mol. The summed E-state index contributed by atoms with van der Waals surface area (Å²) in [6, 6.07) is 24.1. The molecular formula is C32H37N3O2S. The van der Waals surface area contributed by atoms with Gasteiger partial charge in [-0.15, -0.1) is 11.8 Å². The molecule has 5 rings (SSSR count). The smallest absolute Gasteiger partial charge is 0.253 e. The number of aliphatic hydroxyl groups is 1. The van der Waals surface area contributed by atoms with Crippen molar-refractivity contribution in [3.05, 3.63) is 102 Å². The number of aliphatic hydroxyl groups excluding tert-OH is 1. The second kappa shape index (κ2) is 11.8. The van der Waals surface area contributed by atoms with Crippen LogP contribution in [0.5, 0.6) is 0 Å². The largest absolute Gasteiger partial charge is 0.508 e. The number of amides is 1. The Hall–Kier alpha value is -3.06. The predicted octanol–water partition coefficient (Wildman–Crippen LogP) is 6.57. The van der Waals surface area contributed by atoms with E-state index in [2.05, 4.69) is 41.5 Å². The Kier molecular flexibility index (Phi) is 8.22. The van der Waals surface area contributed by atoms with Crippen molar-refractivity contribution in [1.82, 2.24) is 10.6 Å². The van der Waals surface area contributed by atoms with Crippen LogP contribution in [0.4, 0.5) is 0 Å². The summed E-state index contributed by atoms with van der Waals surface area (Å²) < 4.78 is 0.0462. The summed E-state index contributed by atoms with van der Waals surface area (Å²) in [5, 5.41) is 17.2. The SMILES string of the molecule is C=C(O)c1ccccc1-c1ccccc1C(=O)NC1NC(c2ccc(CCN)cc2)C2(CCCCCC2)S1. The van der Waals surface area contributed by atoms with Crippen LogP contribution in [-0.4, -0.2) is 27.8 Å². The fraction of sp³-hybridized carbons (Fsp3) is 0.344. The van der Waals surface area contributed by atoms with E-state index in [1.807, 2.05) is 60.3 Å². The molecule has 1 saturated heterocycles. The third-order valence-corrected chi connectivity index (χ3v) is 9.46. The van der Waals surface area contributed by atoms with Crippen LogP contribution in [0.15, 0.2) is 79.4 Å². The minimum atomic E-state index is -0.203. The molecule has 5 nitrogen and oxygen atoms in total. The average molecular weight is 528 g/mol. The molecule has 2 unspecified atom stereocenters. The molecule has 1 spiro atoms. The lowest BCUT2D eigenvalue weighted by atomic mass is 9.86. The van der Waals surface area contributed by atoms with Gasteiger partial charge < -0.3 is 16.2 Å². The van der Waals surface area contributed by atoms with E-state index in [0.717, 1.165) is 30.4 Å². The van der Waals surface area contributed by atoms with Crippen LogP contribution in [0.25, 0.3) is 16.9 Å². The van der Waals surface area contributed by atoms with Gasteiger partial charge in [0.25, 0.3) is 5.91 Å². The van der Waals surface area contributed by atoms with Crippen LogP contribution in [0.1, 0.15) is 71.6 Å². The fourth-order valence-electron chi connectivity index (χ4n) is 5.97. The highest BCUT2D eigenvalue weighted by atomic mass is 32.2. The molecule has 1 heterocycles. The molecule has 0 bridgehead atoms. The van der Waals surface area contributed by atoms with Gasteiger partial charge in [-0.05, 0) is 54.1 Å². The molecule has 1 aliphatic heterocycles. The van der Waals surface area contributed by atoms with Gasteiger partial charge in [-0.3, -0.25) is 10.1 Å². The van der Waals surface area contributed by atoms with Crippen molar-refractivity contribution >= 4 is 23.4 Å². The van der Waals surface area contributed by atoms with Crippen LogP contribution in [-0.2, 0) is 6.42 Å². The molecule has 1 amide bonds. The van der Waals surface area contributed by atoms with Crippen molar-refractivity contribution in [2.45, 2.75) is 61.2 Å². The summed E-state index contributed by atoms with van der Waals surface area (Å²) in [4.78, 5) is 13.7. The summed E-state index contributed by atoms with van der Waals surface area (Å²) in [7, 11) is 0. The van der Waals surface area contributed by atoms with Crippen LogP contribution < -0.4 is 16.4 Å². The molecule has 5 N–H and O–H groups in total. The minimum absolute atomic E-state index is 0.0144. The average Bonchev–Trinajstić information content (AvgIpc) is 3.11. The molecule has 0 aromatic heterocycles. The maximum atomic E-state index is 13.7. The second-order valence-electron chi connectivity index (χ2n) is 10.4. The Morgan fingerprint density at radius 2 is 1.55 bits per heavy atom. The number of nitrogens with one attached hydrogen (secondary N) is 2. The van der Waals surface area contributed by atoms with Gasteiger partial charge in [-0.1, -0.05) is 99.0 Å². The molecule has 3 aromatic carbocycles. The summed E-state index contributed by atoms with van der Waals surface area (Å²) in [6.07, 6.45) is 8.10. The Balaban J connectivity index is 1.42. The molecule has 2 fully saturated rings. The molecule has 0 radical (unpaired) electrons. The zero-order valence-corrected chi connectivity index (χ0v) is 22.6. The molecule has 38 heavy (non-hydrogen) atoms. The van der Waals surface area contributed by atoms with E-state index in [1.54, 1.807) is 0 Å².